The molecule has 3 aromatic carbocycles. The first-order valence-corrected chi connectivity index (χ1v) is 12.0. The Bertz CT molecular complexity index is 1180. The van der Waals surface area contributed by atoms with Crippen LogP contribution in [0.2, 0.25) is 0 Å². The molecule has 0 unspecified atom stereocenters. The van der Waals surface area contributed by atoms with E-state index in [1.165, 1.54) is 0 Å². The minimum atomic E-state index is -0.246. The minimum absolute atomic E-state index is 0.244. The van der Waals surface area contributed by atoms with Crippen LogP contribution >= 0.6 is 12.2 Å². The summed E-state index contributed by atoms with van der Waals surface area (Å²) in [6, 6.07) is 21.5. The Morgan fingerprint density at radius 1 is 0.912 bits per heavy atom. The number of thiocarbonyl (C=S) groups is 1. The van der Waals surface area contributed by atoms with E-state index in [2.05, 4.69) is 29.4 Å². The van der Waals surface area contributed by atoms with Gasteiger partial charge in [0.2, 0.25) is 5.91 Å². The van der Waals surface area contributed by atoms with Gasteiger partial charge in [0.05, 0.1) is 0 Å². The second-order valence-corrected chi connectivity index (χ2v) is 9.39. The van der Waals surface area contributed by atoms with Crippen molar-refractivity contribution in [3.63, 3.8) is 0 Å². The number of fused-ring (bicyclic) bond motifs is 1. The molecule has 0 saturated carbocycles. The monoisotopic (exact) mass is 474 g/mol. The van der Waals surface area contributed by atoms with E-state index in [0.29, 0.717) is 17.9 Å². The number of amides is 2. The summed E-state index contributed by atoms with van der Waals surface area (Å²) < 4.78 is 0. The molecule has 7 heteroatoms. The zero-order valence-electron chi connectivity index (χ0n) is 19.6. The van der Waals surface area contributed by atoms with Gasteiger partial charge in [-0.25, -0.2) is 0 Å². The lowest BCUT2D eigenvalue weighted by molar-refractivity contribution is -0.132. The van der Waals surface area contributed by atoms with E-state index in [1.807, 2.05) is 65.6 Å². The van der Waals surface area contributed by atoms with Crippen LogP contribution in [-0.2, 0) is 4.79 Å². The molecule has 6 nitrogen and oxygen atoms in total. The van der Waals surface area contributed by atoms with Gasteiger partial charge in [-0.2, -0.15) is 0 Å². The summed E-state index contributed by atoms with van der Waals surface area (Å²) in [4.78, 5) is 29.1. The molecule has 0 aromatic heterocycles. The summed E-state index contributed by atoms with van der Waals surface area (Å²) in [7, 11) is 0. The number of rotatable bonds is 5. The molecule has 1 fully saturated rings. The molecule has 4 rings (SSSR count). The Kier molecular flexibility index (Phi) is 7.43. The smallest absolute Gasteiger partial charge is 0.257 e. The Morgan fingerprint density at radius 3 is 2.26 bits per heavy atom. The van der Waals surface area contributed by atoms with Crippen molar-refractivity contribution in [2.24, 2.45) is 5.92 Å². The highest BCUT2D eigenvalue weighted by molar-refractivity contribution is 7.80. The molecule has 0 aliphatic carbocycles. The van der Waals surface area contributed by atoms with Gasteiger partial charge in [-0.15, -0.1) is 0 Å². The molecule has 3 aromatic rings. The van der Waals surface area contributed by atoms with Gasteiger partial charge in [0.15, 0.2) is 5.11 Å². The number of nitrogens with zero attached hydrogens (tertiary/aromatic N) is 2. The lowest BCUT2D eigenvalue weighted by atomic mass is 10.1. The standard InChI is InChI=1S/C27H30N4O2S/c1-19(2)17-25(32)31-15-13-30(14-16-31)24-11-9-23(10-12-24)28-27(34)29-26(33)22-8-7-20-5-3-4-6-21(20)18-22/h3-12,18-19H,13-17H2,1-2H3,(H2,28,29,33,34). The summed E-state index contributed by atoms with van der Waals surface area (Å²) in [6.45, 7) is 7.27. The van der Waals surface area contributed by atoms with Crippen LogP contribution in [0.5, 0.6) is 0 Å². The van der Waals surface area contributed by atoms with Crippen LogP contribution in [0.3, 0.4) is 0 Å². The fourth-order valence-electron chi connectivity index (χ4n) is 4.12. The third kappa shape index (κ3) is 5.91. The Labute approximate surface area is 205 Å². The molecule has 2 amide bonds. The van der Waals surface area contributed by atoms with Gasteiger partial charge in [-0.05, 0) is 65.3 Å². The van der Waals surface area contributed by atoms with E-state index in [0.717, 1.165) is 48.3 Å². The molecule has 0 radical (unpaired) electrons. The Hall–Kier alpha value is -3.45. The first-order chi connectivity index (χ1) is 16.4. The van der Waals surface area contributed by atoms with Crippen LogP contribution in [0.15, 0.2) is 66.7 Å². The number of nitrogens with one attached hydrogen (secondary N) is 2. The maximum absolute atomic E-state index is 12.6. The highest BCUT2D eigenvalue weighted by Gasteiger charge is 2.21. The minimum Gasteiger partial charge on any atom is -0.368 e. The number of carbonyl (C=O) groups is 2. The van der Waals surface area contributed by atoms with Gasteiger partial charge in [0, 0.05) is 49.5 Å². The van der Waals surface area contributed by atoms with Crippen LogP contribution in [0, 0.1) is 5.92 Å². The number of hydrogen-bond acceptors (Lipinski definition) is 4. The number of anilines is 2. The van der Waals surface area contributed by atoms with Crippen LogP contribution in [-0.4, -0.2) is 48.0 Å². The molecule has 2 N–H and O–H groups in total. The lowest BCUT2D eigenvalue weighted by Crippen LogP contribution is -2.49. The van der Waals surface area contributed by atoms with Gasteiger partial charge >= 0.3 is 0 Å². The molecule has 0 bridgehead atoms. The van der Waals surface area contributed by atoms with E-state index in [9.17, 15) is 9.59 Å². The van der Waals surface area contributed by atoms with E-state index in [4.69, 9.17) is 12.2 Å². The maximum Gasteiger partial charge on any atom is 0.257 e. The van der Waals surface area contributed by atoms with Gasteiger partial charge in [0.25, 0.3) is 5.91 Å². The summed E-state index contributed by atoms with van der Waals surface area (Å²) >= 11 is 5.34. The number of benzene rings is 3. The maximum atomic E-state index is 12.6. The lowest BCUT2D eigenvalue weighted by Gasteiger charge is -2.36. The molecule has 1 heterocycles. The second kappa shape index (κ2) is 10.7. The largest absolute Gasteiger partial charge is 0.368 e. The third-order valence-electron chi connectivity index (χ3n) is 5.94. The molecule has 1 aliphatic heterocycles. The Balaban J connectivity index is 1.29. The van der Waals surface area contributed by atoms with Gasteiger partial charge in [-0.1, -0.05) is 44.2 Å². The molecular weight excluding hydrogens is 444 g/mol. The highest BCUT2D eigenvalue weighted by Crippen LogP contribution is 2.20. The molecule has 176 valence electrons. The molecule has 0 spiro atoms. The third-order valence-corrected chi connectivity index (χ3v) is 6.15. The number of hydrogen-bond donors (Lipinski definition) is 2. The van der Waals surface area contributed by atoms with Crippen molar-refractivity contribution in [1.29, 1.82) is 0 Å². The second-order valence-electron chi connectivity index (χ2n) is 8.98. The SMILES string of the molecule is CC(C)CC(=O)N1CCN(c2ccc(NC(=S)NC(=O)c3ccc4ccccc4c3)cc2)CC1. The zero-order chi connectivity index (χ0) is 24.1. The van der Waals surface area contributed by atoms with Crippen molar-refractivity contribution in [2.75, 3.05) is 36.4 Å². The molecule has 0 atom stereocenters. The van der Waals surface area contributed by atoms with E-state index in [-0.39, 0.29) is 16.9 Å². The predicted molar refractivity (Wildman–Crippen MR) is 142 cm³/mol. The fourth-order valence-corrected chi connectivity index (χ4v) is 4.33. The topological polar surface area (TPSA) is 64.7 Å². The fraction of sp³-hybridized carbons (Fsp3) is 0.296. The normalized spacial score (nSPS) is 13.7. The summed E-state index contributed by atoms with van der Waals surface area (Å²) in [5.74, 6) is 0.382. The molecular formula is C27H30N4O2S. The Morgan fingerprint density at radius 2 is 1.59 bits per heavy atom. The number of piperazine rings is 1. The highest BCUT2D eigenvalue weighted by atomic mass is 32.1. The average Bonchev–Trinajstić information content (AvgIpc) is 2.84. The average molecular weight is 475 g/mol. The summed E-state index contributed by atoms with van der Waals surface area (Å²) in [5.41, 5.74) is 2.47. The van der Waals surface area contributed by atoms with Crippen molar-refractivity contribution in [2.45, 2.75) is 20.3 Å². The van der Waals surface area contributed by atoms with Crippen LogP contribution < -0.4 is 15.5 Å². The van der Waals surface area contributed by atoms with Crippen molar-refractivity contribution >= 4 is 51.3 Å². The van der Waals surface area contributed by atoms with Gasteiger partial charge < -0.3 is 15.1 Å². The summed E-state index contributed by atoms with van der Waals surface area (Å²) in [6.07, 6.45) is 0.609. The molecule has 1 saturated heterocycles. The molecule has 1 aliphatic rings. The van der Waals surface area contributed by atoms with E-state index >= 15 is 0 Å². The summed E-state index contributed by atoms with van der Waals surface area (Å²) in [5, 5.41) is 8.18. The first kappa shape index (κ1) is 23.7. The van der Waals surface area contributed by atoms with Crippen molar-refractivity contribution in [1.82, 2.24) is 10.2 Å². The van der Waals surface area contributed by atoms with E-state index in [1.54, 1.807) is 6.07 Å². The van der Waals surface area contributed by atoms with Crippen LogP contribution in [0.1, 0.15) is 30.6 Å². The van der Waals surface area contributed by atoms with Crippen molar-refractivity contribution in [3.8, 4) is 0 Å². The van der Waals surface area contributed by atoms with Crippen molar-refractivity contribution < 1.29 is 9.59 Å². The van der Waals surface area contributed by atoms with E-state index < -0.39 is 0 Å². The van der Waals surface area contributed by atoms with Gasteiger partial charge in [-0.3, -0.25) is 14.9 Å². The predicted octanol–water partition coefficient (Wildman–Crippen LogP) is 4.66. The first-order valence-electron chi connectivity index (χ1n) is 11.6. The van der Waals surface area contributed by atoms with Crippen molar-refractivity contribution in [3.05, 3.63) is 72.3 Å². The van der Waals surface area contributed by atoms with Gasteiger partial charge in [0.1, 0.15) is 0 Å². The quantitative estimate of drug-likeness (QED) is 0.527. The van der Waals surface area contributed by atoms with Crippen LogP contribution in [0.4, 0.5) is 11.4 Å². The van der Waals surface area contributed by atoms with Crippen LogP contribution in [0.25, 0.3) is 10.8 Å². The molecule has 34 heavy (non-hydrogen) atoms. The zero-order valence-corrected chi connectivity index (χ0v) is 20.4. The number of carbonyl (C=O) groups excluding carboxylic acids is 2.